The molecule has 1 aliphatic heterocycles. The van der Waals surface area contributed by atoms with Crippen molar-refractivity contribution in [2.24, 2.45) is 0 Å². The monoisotopic (exact) mass is 611 g/mol. The van der Waals surface area contributed by atoms with Crippen molar-refractivity contribution in [3.8, 4) is 44.8 Å². The van der Waals surface area contributed by atoms with Crippen LogP contribution in [-0.4, -0.2) is 4.98 Å². The van der Waals surface area contributed by atoms with Gasteiger partial charge in [-0.2, -0.15) is 0 Å². The molecule has 0 amide bonds. The minimum Gasteiger partial charge on any atom is -0.436 e. The summed E-state index contributed by atoms with van der Waals surface area (Å²) < 4.78 is 6.16. The lowest BCUT2D eigenvalue weighted by atomic mass is 9.92. The molecule has 0 N–H and O–H groups in total. The van der Waals surface area contributed by atoms with E-state index in [-0.39, 0.29) is 0 Å². The van der Waals surface area contributed by atoms with Crippen molar-refractivity contribution in [2.45, 2.75) is 19.6 Å². The molecule has 2 heterocycles. The fourth-order valence-electron chi connectivity index (χ4n) is 6.16. The zero-order valence-electron chi connectivity index (χ0n) is 24.1. The number of oxazole rings is 1. The number of fused-ring (bicyclic) bond motifs is 4. The van der Waals surface area contributed by atoms with Crippen LogP contribution < -0.4 is 0 Å². The largest absolute Gasteiger partial charge is 0.436 e. The second kappa shape index (κ2) is 10.8. The third kappa shape index (κ3) is 4.74. The summed E-state index contributed by atoms with van der Waals surface area (Å²) in [6, 6.07) is 54.0. The van der Waals surface area contributed by atoms with Gasteiger partial charge in [0.25, 0.3) is 0 Å². The van der Waals surface area contributed by atoms with Gasteiger partial charge in [-0.05, 0) is 92.7 Å². The van der Waals surface area contributed by atoms with Gasteiger partial charge in [-0.3, -0.25) is 0 Å². The Morgan fingerprint density at radius 3 is 1.62 bits per heavy atom. The van der Waals surface area contributed by atoms with Crippen LogP contribution in [0.25, 0.3) is 66.7 Å². The molecular weight excluding hydrogens is 587 g/mol. The van der Waals surface area contributed by atoms with Crippen molar-refractivity contribution in [1.29, 1.82) is 0 Å². The zero-order valence-corrected chi connectivity index (χ0v) is 25.7. The van der Waals surface area contributed by atoms with E-state index >= 15 is 0 Å². The molecule has 0 bridgehead atoms. The first-order chi connectivity index (χ1) is 22.3. The first-order valence-corrected chi connectivity index (χ1v) is 16.6. The molecule has 4 heteroatoms. The lowest BCUT2D eigenvalue weighted by molar-refractivity contribution is 0.620. The van der Waals surface area contributed by atoms with Crippen LogP contribution in [0.2, 0.25) is 0 Å². The Labute approximate surface area is 269 Å². The molecule has 0 fully saturated rings. The van der Waals surface area contributed by atoms with E-state index in [1.165, 1.54) is 58.2 Å². The summed E-state index contributed by atoms with van der Waals surface area (Å²) in [7, 11) is 0. The van der Waals surface area contributed by atoms with E-state index < -0.39 is 0 Å². The Morgan fingerprint density at radius 1 is 0.400 bits per heavy atom. The van der Waals surface area contributed by atoms with Crippen molar-refractivity contribution in [2.75, 3.05) is 0 Å². The molecule has 1 aliphatic rings. The molecule has 0 aliphatic carbocycles. The SMILES string of the molecule is c1ccc(-c2nc3ccc(-c4ccc5c(c4)Sc4ccc(-c6ccc(-c7ccccc7)c7ccccc67)cc4S5)cc3o2)cc1. The van der Waals surface area contributed by atoms with E-state index in [1.54, 1.807) is 0 Å². The maximum Gasteiger partial charge on any atom is 0.227 e. The first kappa shape index (κ1) is 26.4. The van der Waals surface area contributed by atoms with Gasteiger partial charge in [-0.25, -0.2) is 4.98 Å². The van der Waals surface area contributed by atoms with Crippen LogP contribution in [0.3, 0.4) is 0 Å². The fourth-order valence-corrected chi connectivity index (χ4v) is 8.43. The maximum atomic E-state index is 6.16. The predicted molar refractivity (Wildman–Crippen MR) is 188 cm³/mol. The highest BCUT2D eigenvalue weighted by Crippen LogP contribution is 2.51. The Hall–Kier alpha value is -5.03. The minimum absolute atomic E-state index is 0.649. The third-order valence-corrected chi connectivity index (χ3v) is 10.9. The smallest absolute Gasteiger partial charge is 0.227 e. The molecule has 0 unspecified atom stereocenters. The molecule has 7 aromatic carbocycles. The van der Waals surface area contributed by atoms with Crippen LogP contribution in [-0.2, 0) is 0 Å². The highest BCUT2D eigenvalue weighted by molar-refractivity contribution is 8.05. The van der Waals surface area contributed by atoms with Gasteiger partial charge in [0.05, 0.1) is 0 Å². The molecule has 0 saturated heterocycles. The third-order valence-electron chi connectivity index (χ3n) is 8.39. The van der Waals surface area contributed by atoms with E-state index in [1.807, 2.05) is 53.9 Å². The van der Waals surface area contributed by atoms with E-state index in [9.17, 15) is 0 Å². The summed E-state index contributed by atoms with van der Waals surface area (Å²) in [5.74, 6) is 0.649. The van der Waals surface area contributed by atoms with E-state index in [4.69, 9.17) is 9.40 Å². The summed E-state index contributed by atoms with van der Waals surface area (Å²) in [6.07, 6.45) is 0. The van der Waals surface area contributed by atoms with Crippen LogP contribution in [0.4, 0.5) is 0 Å². The molecule has 8 aromatic rings. The first-order valence-electron chi connectivity index (χ1n) is 14.9. The molecule has 2 nitrogen and oxygen atoms in total. The molecule has 212 valence electrons. The lowest BCUT2D eigenvalue weighted by Crippen LogP contribution is -1.92. The number of hydrogen-bond acceptors (Lipinski definition) is 4. The normalized spacial score (nSPS) is 12.3. The summed E-state index contributed by atoms with van der Waals surface area (Å²) in [4.78, 5) is 9.85. The number of aromatic nitrogens is 1. The number of rotatable bonds is 4. The van der Waals surface area contributed by atoms with Gasteiger partial charge in [0, 0.05) is 25.1 Å². The second-order valence-electron chi connectivity index (χ2n) is 11.2. The predicted octanol–water partition coefficient (Wildman–Crippen LogP) is 12.3. The van der Waals surface area contributed by atoms with Gasteiger partial charge in [-0.1, -0.05) is 127 Å². The highest BCUT2D eigenvalue weighted by Gasteiger charge is 2.20. The fraction of sp³-hybridized carbons (Fsp3) is 0. The molecular formula is C41H25NOS2. The lowest BCUT2D eigenvalue weighted by Gasteiger charge is -2.20. The Balaban J connectivity index is 1.03. The topological polar surface area (TPSA) is 26.0 Å². The Kier molecular flexibility index (Phi) is 6.36. The van der Waals surface area contributed by atoms with Crippen LogP contribution in [0.15, 0.2) is 176 Å². The Bertz CT molecular complexity index is 2380. The van der Waals surface area contributed by atoms with Gasteiger partial charge in [0.15, 0.2) is 5.58 Å². The van der Waals surface area contributed by atoms with Gasteiger partial charge in [-0.15, -0.1) is 0 Å². The zero-order chi connectivity index (χ0) is 29.7. The van der Waals surface area contributed by atoms with E-state index in [2.05, 4.69) is 121 Å². The average molecular weight is 612 g/mol. The van der Waals surface area contributed by atoms with Crippen molar-refractivity contribution < 1.29 is 4.42 Å². The van der Waals surface area contributed by atoms with Crippen LogP contribution in [0, 0.1) is 0 Å². The molecule has 45 heavy (non-hydrogen) atoms. The molecule has 0 spiro atoms. The summed E-state index contributed by atoms with van der Waals surface area (Å²) in [5, 5.41) is 2.55. The van der Waals surface area contributed by atoms with Crippen LogP contribution in [0.5, 0.6) is 0 Å². The van der Waals surface area contributed by atoms with Crippen LogP contribution >= 0.6 is 23.5 Å². The summed E-state index contributed by atoms with van der Waals surface area (Å²) in [6.45, 7) is 0. The minimum atomic E-state index is 0.649. The molecule has 1 aromatic heterocycles. The Morgan fingerprint density at radius 2 is 0.933 bits per heavy atom. The average Bonchev–Trinajstić information content (AvgIpc) is 3.54. The maximum absolute atomic E-state index is 6.16. The second-order valence-corrected chi connectivity index (χ2v) is 13.3. The summed E-state index contributed by atoms with van der Waals surface area (Å²) in [5.41, 5.74) is 9.96. The van der Waals surface area contributed by atoms with Crippen molar-refractivity contribution >= 4 is 45.4 Å². The van der Waals surface area contributed by atoms with E-state index in [0.717, 1.165) is 22.2 Å². The molecule has 9 rings (SSSR count). The molecule has 0 atom stereocenters. The van der Waals surface area contributed by atoms with Gasteiger partial charge in [0.2, 0.25) is 5.89 Å². The standard InChI is InChI=1S/C41H25NOS2/c1-3-9-26(10-4-1)31-18-19-32(34-14-8-7-13-33(31)34)30-17-22-38-40(25-30)45-37-21-16-29(24-39(37)44-38)28-15-20-35-36(23-28)43-41(42-35)27-11-5-2-6-12-27/h1-25H. The quantitative estimate of drug-likeness (QED) is 0.198. The van der Waals surface area contributed by atoms with Gasteiger partial charge >= 0.3 is 0 Å². The summed E-state index contributed by atoms with van der Waals surface area (Å²) >= 11 is 3.70. The van der Waals surface area contributed by atoms with Gasteiger partial charge < -0.3 is 4.42 Å². The number of benzene rings is 7. The van der Waals surface area contributed by atoms with E-state index in [0.29, 0.717) is 5.89 Å². The highest BCUT2D eigenvalue weighted by atomic mass is 32.2. The van der Waals surface area contributed by atoms with Gasteiger partial charge in [0.1, 0.15) is 5.52 Å². The van der Waals surface area contributed by atoms with Crippen LogP contribution in [0.1, 0.15) is 0 Å². The number of hydrogen-bond donors (Lipinski definition) is 0. The van der Waals surface area contributed by atoms with Crippen molar-refractivity contribution in [3.05, 3.63) is 152 Å². The molecule has 0 radical (unpaired) electrons. The number of nitrogens with zero attached hydrogens (tertiary/aromatic N) is 1. The van der Waals surface area contributed by atoms with Crippen molar-refractivity contribution in [3.63, 3.8) is 0 Å². The van der Waals surface area contributed by atoms with Crippen molar-refractivity contribution in [1.82, 2.24) is 4.98 Å². The molecule has 0 saturated carbocycles.